The molecule has 1 amide bonds. The smallest absolute Gasteiger partial charge is 0.407 e. The maximum absolute atomic E-state index is 12.7. The van der Waals surface area contributed by atoms with Crippen molar-refractivity contribution < 1.29 is 24.2 Å². The Kier molecular flexibility index (Phi) is 8.26. The molecule has 7 heteroatoms. The molecule has 0 bridgehead atoms. The number of fused-ring (bicyclic) bond motifs is 1. The molecule has 6 nitrogen and oxygen atoms in total. The molecule has 191 valence electrons. The van der Waals surface area contributed by atoms with Gasteiger partial charge in [0.15, 0.2) is 0 Å². The van der Waals surface area contributed by atoms with E-state index in [-0.39, 0.29) is 18.1 Å². The highest BCUT2D eigenvalue weighted by atomic mass is 28.3. The van der Waals surface area contributed by atoms with Gasteiger partial charge in [-0.2, -0.15) is 0 Å². The molecule has 1 heterocycles. The Morgan fingerprint density at radius 2 is 1.68 bits per heavy atom. The Morgan fingerprint density at radius 1 is 1.00 bits per heavy atom. The number of nitrogens with one attached hydrogen (secondary N) is 1. The monoisotopic (exact) mass is 514 g/mol. The Hall–Kier alpha value is -3.68. The summed E-state index contributed by atoms with van der Waals surface area (Å²) >= 11 is 0. The van der Waals surface area contributed by atoms with Crippen molar-refractivity contribution >= 4 is 31.2 Å². The quantitative estimate of drug-likeness (QED) is 0.259. The Labute approximate surface area is 219 Å². The fourth-order valence-corrected chi connectivity index (χ4v) is 8.53. The minimum atomic E-state index is -1.17. The van der Waals surface area contributed by atoms with Crippen LogP contribution in [0.4, 0.5) is 4.79 Å². The number of ether oxygens (including phenoxy) is 2. The van der Waals surface area contributed by atoms with Crippen LogP contribution in [0.1, 0.15) is 43.1 Å². The first-order valence-corrected chi connectivity index (χ1v) is 13.8. The van der Waals surface area contributed by atoms with Crippen LogP contribution >= 0.6 is 0 Å². The molecule has 1 radical (unpaired) electrons. The van der Waals surface area contributed by atoms with Crippen LogP contribution in [0.5, 0.6) is 0 Å². The van der Waals surface area contributed by atoms with E-state index >= 15 is 0 Å². The second-order valence-corrected chi connectivity index (χ2v) is 12.6. The molecular weight excluding hydrogens is 482 g/mol. The number of hydrogen-bond donors (Lipinski definition) is 2. The summed E-state index contributed by atoms with van der Waals surface area (Å²) in [6, 6.07) is 25.1. The molecule has 4 rings (SSSR count). The van der Waals surface area contributed by atoms with E-state index in [4.69, 9.17) is 4.74 Å². The summed E-state index contributed by atoms with van der Waals surface area (Å²) < 4.78 is 10.1. The minimum Gasteiger partial charge on any atom is -0.466 e. The van der Waals surface area contributed by atoms with Crippen LogP contribution in [0, 0.1) is 0 Å². The number of rotatable bonds is 9. The zero-order chi connectivity index (χ0) is 26.4. The van der Waals surface area contributed by atoms with Crippen molar-refractivity contribution in [2.75, 3.05) is 7.11 Å². The second-order valence-electron chi connectivity index (χ2n) is 9.55. The summed E-state index contributed by atoms with van der Waals surface area (Å²) in [5.74, 6) is -0.500. The SMILES string of the molecule is COC(=O)C=CCC(NC(=O)OCc1ccccc1)C(O)c1cccc2c1[Si](c1ccccc1)C2(C)C. The Morgan fingerprint density at radius 3 is 2.35 bits per heavy atom. The van der Waals surface area contributed by atoms with Crippen LogP contribution in [0.25, 0.3) is 0 Å². The molecule has 0 saturated heterocycles. The lowest BCUT2D eigenvalue weighted by atomic mass is 9.92. The summed E-state index contributed by atoms with van der Waals surface area (Å²) in [5.41, 5.74) is 2.88. The number of aliphatic hydroxyl groups excluding tert-OH is 1. The summed E-state index contributed by atoms with van der Waals surface area (Å²) in [6.07, 6.45) is 1.48. The zero-order valence-corrected chi connectivity index (χ0v) is 22.3. The highest BCUT2D eigenvalue weighted by Crippen LogP contribution is 2.37. The lowest BCUT2D eigenvalue weighted by molar-refractivity contribution is -0.134. The van der Waals surface area contributed by atoms with E-state index < -0.39 is 33.0 Å². The van der Waals surface area contributed by atoms with Crippen LogP contribution in [-0.2, 0) is 25.9 Å². The third-order valence-electron chi connectivity index (χ3n) is 6.77. The normalized spacial score (nSPS) is 15.8. The summed E-state index contributed by atoms with van der Waals surface area (Å²) in [7, 11) is 0.129. The second kappa shape index (κ2) is 11.6. The van der Waals surface area contributed by atoms with E-state index in [0.717, 1.165) is 11.1 Å². The van der Waals surface area contributed by atoms with E-state index in [1.807, 2.05) is 60.7 Å². The number of hydrogen-bond acceptors (Lipinski definition) is 5. The van der Waals surface area contributed by atoms with Crippen molar-refractivity contribution in [2.24, 2.45) is 0 Å². The number of methoxy groups -OCH3 is 1. The number of esters is 1. The number of amides is 1. The number of carbonyl (C=O) groups is 2. The maximum atomic E-state index is 12.7. The van der Waals surface area contributed by atoms with Crippen molar-refractivity contribution in [2.45, 2.75) is 44.1 Å². The van der Waals surface area contributed by atoms with Crippen molar-refractivity contribution in [3.05, 3.63) is 108 Å². The summed E-state index contributed by atoms with van der Waals surface area (Å²) in [6.45, 7) is 4.62. The van der Waals surface area contributed by atoms with Crippen molar-refractivity contribution in [3.8, 4) is 0 Å². The molecule has 2 N–H and O–H groups in total. The first-order valence-electron chi connectivity index (χ1n) is 12.3. The van der Waals surface area contributed by atoms with Gasteiger partial charge in [0.05, 0.1) is 19.3 Å². The first kappa shape index (κ1) is 26.4. The number of alkyl carbamates (subject to hydrolysis) is 1. The van der Waals surface area contributed by atoms with Gasteiger partial charge in [-0.3, -0.25) is 0 Å². The summed E-state index contributed by atoms with van der Waals surface area (Å²) in [4.78, 5) is 24.3. The van der Waals surface area contributed by atoms with Gasteiger partial charge >= 0.3 is 12.1 Å². The average Bonchev–Trinajstić information content (AvgIpc) is 2.91. The van der Waals surface area contributed by atoms with Crippen molar-refractivity contribution in [1.82, 2.24) is 5.32 Å². The van der Waals surface area contributed by atoms with Crippen LogP contribution in [-0.4, -0.2) is 39.1 Å². The number of benzene rings is 3. The van der Waals surface area contributed by atoms with Crippen LogP contribution in [0.15, 0.2) is 91.0 Å². The molecule has 0 aromatic heterocycles. The topological polar surface area (TPSA) is 84.9 Å². The highest BCUT2D eigenvalue weighted by molar-refractivity contribution is 6.92. The van der Waals surface area contributed by atoms with E-state index in [9.17, 15) is 14.7 Å². The number of carbonyl (C=O) groups excluding carboxylic acids is 2. The van der Waals surface area contributed by atoms with E-state index in [0.29, 0.717) is 0 Å². The average molecular weight is 515 g/mol. The van der Waals surface area contributed by atoms with Crippen LogP contribution < -0.4 is 15.7 Å². The van der Waals surface area contributed by atoms with Gasteiger partial charge in [-0.25, -0.2) is 9.59 Å². The van der Waals surface area contributed by atoms with Gasteiger partial charge in [0, 0.05) is 6.08 Å². The van der Waals surface area contributed by atoms with Gasteiger partial charge in [-0.05, 0) is 33.3 Å². The predicted molar refractivity (Wildman–Crippen MR) is 145 cm³/mol. The molecule has 2 unspecified atom stereocenters. The van der Waals surface area contributed by atoms with Crippen LogP contribution in [0.3, 0.4) is 0 Å². The fraction of sp³-hybridized carbons (Fsp3) is 0.267. The van der Waals surface area contributed by atoms with Crippen LogP contribution in [0.2, 0.25) is 0 Å². The van der Waals surface area contributed by atoms with Crippen molar-refractivity contribution in [3.63, 3.8) is 0 Å². The predicted octanol–water partition coefficient (Wildman–Crippen LogP) is 3.57. The van der Waals surface area contributed by atoms with E-state index in [1.54, 1.807) is 6.08 Å². The molecule has 1 aliphatic heterocycles. The first-order chi connectivity index (χ1) is 17.8. The third kappa shape index (κ3) is 5.84. The largest absolute Gasteiger partial charge is 0.466 e. The minimum absolute atomic E-state index is 0.000586. The maximum Gasteiger partial charge on any atom is 0.407 e. The van der Waals surface area contributed by atoms with Crippen molar-refractivity contribution in [1.29, 1.82) is 0 Å². The number of aliphatic hydroxyl groups is 1. The lowest BCUT2D eigenvalue weighted by Gasteiger charge is -2.48. The van der Waals surface area contributed by atoms with Gasteiger partial charge in [0.2, 0.25) is 0 Å². The molecule has 3 aromatic carbocycles. The molecule has 0 spiro atoms. The van der Waals surface area contributed by atoms with Gasteiger partial charge < -0.3 is 19.9 Å². The van der Waals surface area contributed by atoms with E-state index in [2.05, 4.69) is 42.1 Å². The van der Waals surface area contributed by atoms with Gasteiger partial charge in [-0.1, -0.05) is 104 Å². The zero-order valence-electron chi connectivity index (χ0n) is 21.3. The molecule has 0 aliphatic carbocycles. The summed E-state index contributed by atoms with van der Waals surface area (Å²) in [5, 5.41) is 16.9. The Balaban J connectivity index is 1.59. The van der Waals surface area contributed by atoms with Gasteiger partial charge in [0.25, 0.3) is 0 Å². The molecule has 0 fully saturated rings. The third-order valence-corrected chi connectivity index (χ3v) is 10.3. The van der Waals surface area contributed by atoms with Gasteiger partial charge in [-0.15, -0.1) is 0 Å². The van der Waals surface area contributed by atoms with E-state index in [1.165, 1.54) is 29.1 Å². The molecule has 3 aromatic rings. The van der Waals surface area contributed by atoms with Gasteiger partial charge in [0.1, 0.15) is 15.4 Å². The molecule has 0 saturated carbocycles. The fourth-order valence-electron chi connectivity index (χ4n) is 4.89. The highest BCUT2D eigenvalue weighted by Gasteiger charge is 2.49. The molecular formula is C30H32NO5Si. The molecule has 2 atom stereocenters. The molecule has 1 aliphatic rings. The Bertz CT molecular complexity index is 1260. The molecule has 37 heavy (non-hydrogen) atoms. The lowest BCUT2D eigenvalue weighted by Crippen LogP contribution is -2.68. The standard InChI is InChI=1S/C30H32NO5Si/c1-30(2)24-17-10-16-23(28(24)37(30)22-14-8-5-9-15-22)27(33)25(18-11-19-26(32)35-3)31-29(34)36-20-21-12-6-4-7-13-21/h4-17,19,25,27,33H,18,20H2,1-3H3,(H,31,34).